The van der Waals surface area contributed by atoms with E-state index in [9.17, 15) is 0 Å². The quantitative estimate of drug-likeness (QED) is 0.359. The van der Waals surface area contributed by atoms with Crippen LogP contribution in [0, 0.1) is 5.08 Å². The van der Waals surface area contributed by atoms with Crippen molar-refractivity contribution in [1.82, 2.24) is 0 Å². The molecule has 0 saturated heterocycles. The SMILES string of the molecule is Br[C+]1N=CC=N1. The fourth-order valence-corrected chi connectivity index (χ4v) is 0.459. The van der Waals surface area contributed by atoms with Crippen molar-refractivity contribution in [2.45, 2.75) is 0 Å². The highest BCUT2D eigenvalue weighted by Crippen LogP contribution is 2.13. The lowest BCUT2D eigenvalue weighted by molar-refractivity contribution is 1.25. The van der Waals surface area contributed by atoms with Crippen molar-refractivity contribution in [3.63, 3.8) is 0 Å². The third kappa shape index (κ3) is 0.597. The van der Waals surface area contributed by atoms with Crippen molar-refractivity contribution in [3.8, 4) is 0 Å². The van der Waals surface area contributed by atoms with Gasteiger partial charge in [-0.2, -0.15) is 0 Å². The summed E-state index contributed by atoms with van der Waals surface area (Å²) in [6.07, 6.45) is 3.26. The van der Waals surface area contributed by atoms with Crippen LogP contribution in [0.15, 0.2) is 9.98 Å². The number of hydrogen-bond donors (Lipinski definition) is 0. The normalized spacial score (nSPS) is 17.2. The first-order valence-corrected chi connectivity index (χ1v) is 2.28. The van der Waals surface area contributed by atoms with Gasteiger partial charge < -0.3 is 0 Å². The Morgan fingerprint density at radius 1 is 1.33 bits per heavy atom. The minimum absolute atomic E-state index is 0.655. The Hall–Kier alpha value is -0.310. The van der Waals surface area contributed by atoms with E-state index < -0.39 is 0 Å². The van der Waals surface area contributed by atoms with E-state index in [0.29, 0.717) is 5.08 Å². The van der Waals surface area contributed by atoms with Gasteiger partial charge in [0.05, 0.1) is 15.9 Å². The summed E-state index contributed by atoms with van der Waals surface area (Å²) in [5.74, 6) is 0. The van der Waals surface area contributed by atoms with Crippen molar-refractivity contribution < 1.29 is 0 Å². The van der Waals surface area contributed by atoms with Crippen LogP contribution in [0.4, 0.5) is 0 Å². The third-order valence-electron chi connectivity index (χ3n) is 0.429. The van der Waals surface area contributed by atoms with E-state index in [0.717, 1.165) is 0 Å². The summed E-state index contributed by atoms with van der Waals surface area (Å²) in [4.78, 5) is 7.44. The molecule has 3 heteroatoms. The van der Waals surface area contributed by atoms with Crippen LogP contribution in [0.25, 0.3) is 0 Å². The second-order valence-corrected chi connectivity index (χ2v) is 1.53. The third-order valence-corrected chi connectivity index (χ3v) is 0.838. The molecule has 1 heterocycles. The molecule has 0 fully saturated rings. The van der Waals surface area contributed by atoms with E-state index in [4.69, 9.17) is 0 Å². The van der Waals surface area contributed by atoms with Crippen molar-refractivity contribution in [2.24, 2.45) is 9.98 Å². The molecule has 6 heavy (non-hydrogen) atoms. The summed E-state index contributed by atoms with van der Waals surface area (Å²) in [6, 6.07) is 0. The molecule has 0 amide bonds. The van der Waals surface area contributed by atoms with E-state index in [2.05, 4.69) is 25.9 Å². The number of aliphatic imine (C=N–C) groups is 2. The van der Waals surface area contributed by atoms with Gasteiger partial charge in [0.15, 0.2) is 12.4 Å². The molecule has 0 radical (unpaired) electrons. The highest BCUT2D eigenvalue weighted by Gasteiger charge is 2.07. The van der Waals surface area contributed by atoms with E-state index in [-0.39, 0.29) is 0 Å². The molecule has 0 unspecified atom stereocenters. The smallest absolute Gasteiger partial charge is 0.0839 e. The van der Waals surface area contributed by atoms with Gasteiger partial charge >= 0.3 is 5.08 Å². The zero-order chi connectivity index (χ0) is 4.41. The number of halogens is 1. The molecule has 2 nitrogen and oxygen atoms in total. The fraction of sp³-hybridized carbons (Fsp3) is 0. The standard InChI is InChI=1S/C3H2BrN2/c4-3-5-1-2-6-3/h1-2H/q+1. The van der Waals surface area contributed by atoms with Gasteiger partial charge in [0.2, 0.25) is 0 Å². The van der Waals surface area contributed by atoms with Crippen LogP contribution in [0.5, 0.6) is 0 Å². The zero-order valence-corrected chi connectivity index (χ0v) is 4.51. The highest BCUT2D eigenvalue weighted by molar-refractivity contribution is 9.11. The molecule has 0 aliphatic carbocycles. The van der Waals surface area contributed by atoms with Gasteiger partial charge in [-0.25, -0.2) is 0 Å². The lowest BCUT2D eigenvalue weighted by Crippen LogP contribution is -1.60. The molecule has 1 aliphatic heterocycles. The second kappa shape index (κ2) is 1.43. The van der Waals surface area contributed by atoms with Crippen molar-refractivity contribution in [1.29, 1.82) is 0 Å². The Balaban J connectivity index is 2.60. The Morgan fingerprint density at radius 3 is 2.00 bits per heavy atom. The Morgan fingerprint density at radius 2 is 1.83 bits per heavy atom. The molecular weight excluding hydrogens is 144 g/mol. The highest BCUT2D eigenvalue weighted by atomic mass is 79.9. The van der Waals surface area contributed by atoms with Gasteiger partial charge in [-0.3, -0.25) is 0 Å². The van der Waals surface area contributed by atoms with Gasteiger partial charge in [0.1, 0.15) is 0 Å². The van der Waals surface area contributed by atoms with Crippen molar-refractivity contribution in [3.05, 3.63) is 5.08 Å². The van der Waals surface area contributed by atoms with Gasteiger partial charge in [0, 0.05) is 0 Å². The number of hydrogen-bond acceptors (Lipinski definition) is 2. The summed E-state index contributed by atoms with van der Waals surface area (Å²) in [7, 11) is 0. The number of rotatable bonds is 0. The molecule has 0 aromatic heterocycles. The van der Waals surface area contributed by atoms with E-state index >= 15 is 0 Å². The Labute approximate surface area is 44.1 Å². The molecule has 0 aromatic carbocycles. The molecule has 0 spiro atoms. The largest absolute Gasteiger partial charge is 0.308 e. The van der Waals surface area contributed by atoms with Crippen LogP contribution < -0.4 is 0 Å². The molecule has 0 aromatic rings. The minimum Gasteiger partial charge on any atom is -0.0839 e. The first kappa shape index (κ1) is 3.87. The maximum absolute atomic E-state index is 3.72. The van der Waals surface area contributed by atoms with Crippen LogP contribution in [0.3, 0.4) is 0 Å². The molecule has 1 aliphatic rings. The summed E-state index contributed by atoms with van der Waals surface area (Å²) in [5, 5.41) is 0.655. The summed E-state index contributed by atoms with van der Waals surface area (Å²) < 4.78 is 0. The van der Waals surface area contributed by atoms with Gasteiger partial charge in [-0.05, 0) is 0 Å². The average molecular weight is 146 g/mol. The van der Waals surface area contributed by atoms with E-state index in [1.165, 1.54) is 0 Å². The first-order chi connectivity index (χ1) is 2.89. The Kier molecular flexibility index (Phi) is 0.919. The van der Waals surface area contributed by atoms with Crippen molar-refractivity contribution >= 4 is 28.4 Å². The summed E-state index contributed by atoms with van der Waals surface area (Å²) >= 11 is 3.06. The molecular formula is C3H2BrN2+. The topological polar surface area (TPSA) is 24.7 Å². The van der Waals surface area contributed by atoms with Crippen molar-refractivity contribution in [2.75, 3.05) is 0 Å². The van der Waals surface area contributed by atoms with Gasteiger partial charge in [0.25, 0.3) is 0 Å². The van der Waals surface area contributed by atoms with Gasteiger partial charge in [-0.15, -0.1) is 0 Å². The van der Waals surface area contributed by atoms with E-state index in [1.807, 2.05) is 0 Å². The minimum atomic E-state index is 0.655. The van der Waals surface area contributed by atoms with Crippen LogP contribution in [-0.2, 0) is 0 Å². The lowest BCUT2D eigenvalue weighted by atomic mass is 10.9. The fourth-order valence-electron chi connectivity index (χ4n) is 0.223. The molecule has 0 bridgehead atoms. The molecule has 0 N–H and O–H groups in total. The molecule has 0 atom stereocenters. The van der Waals surface area contributed by atoms with Crippen LogP contribution in [-0.4, -0.2) is 12.4 Å². The van der Waals surface area contributed by atoms with Crippen LogP contribution in [0.2, 0.25) is 0 Å². The van der Waals surface area contributed by atoms with Crippen LogP contribution >= 0.6 is 15.9 Å². The van der Waals surface area contributed by atoms with Gasteiger partial charge in [-0.1, -0.05) is 9.98 Å². The summed E-state index contributed by atoms with van der Waals surface area (Å²) in [5.41, 5.74) is 0. The monoisotopic (exact) mass is 145 g/mol. The predicted molar refractivity (Wildman–Crippen MR) is 29.2 cm³/mol. The molecule has 0 saturated carbocycles. The first-order valence-electron chi connectivity index (χ1n) is 1.49. The lowest BCUT2D eigenvalue weighted by Gasteiger charge is -1.67. The van der Waals surface area contributed by atoms with E-state index in [1.54, 1.807) is 12.4 Å². The molecule has 30 valence electrons. The maximum atomic E-state index is 3.72. The maximum Gasteiger partial charge on any atom is 0.308 e. The predicted octanol–water partition coefficient (Wildman–Crippen LogP) is 0.983. The Bertz CT molecular complexity index is 85.0. The average Bonchev–Trinajstić information content (AvgIpc) is 1.86. The zero-order valence-electron chi connectivity index (χ0n) is 2.93. The second-order valence-electron chi connectivity index (χ2n) is 0.825. The van der Waals surface area contributed by atoms with Crippen LogP contribution in [0.1, 0.15) is 0 Å². The number of nitrogens with zero attached hydrogens (tertiary/aromatic N) is 2. The molecule has 1 rings (SSSR count). The summed E-state index contributed by atoms with van der Waals surface area (Å²) in [6.45, 7) is 0.